The van der Waals surface area contributed by atoms with Crippen LogP contribution in [-0.2, 0) is 6.42 Å². The van der Waals surface area contributed by atoms with Gasteiger partial charge in [0.15, 0.2) is 0 Å². The standard InChI is InChI=1S/C15H19Cl2N/c1-18-13(14-10-5-3-6-11(10)14)8-9-4-2-7-12(16)15(9)17/h2,4,7,10-11,13-14,18H,3,5-6,8H2,1H3. The van der Waals surface area contributed by atoms with Crippen molar-refractivity contribution in [3.8, 4) is 0 Å². The Morgan fingerprint density at radius 2 is 2.00 bits per heavy atom. The fourth-order valence-corrected chi connectivity index (χ4v) is 4.24. The molecule has 1 N–H and O–H groups in total. The van der Waals surface area contributed by atoms with E-state index in [0.29, 0.717) is 11.1 Å². The fourth-order valence-electron chi connectivity index (χ4n) is 3.85. The topological polar surface area (TPSA) is 12.0 Å². The molecule has 1 aromatic carbocycles. The van der Waals surface area contributed by atoms with Crippen LogP contribution in [0.2, 0.25) is 10.0 Å². The van der Waals surface area contributed by atoms with E-state index in [1.54, 1.807) is 0 Å². The lowest BCUT2D eigenvalue weighted by atomic mass is 9.97. The SMILES string of the molecule is CNC(Cc1cccc(Cl)c1Cl)C1C2CCCC21. The van der Waals surface area contributed by atoms with Crippen LogP contribution < -0.4 is 5.32 Å². The lowest BCUT2D eigenvalue weighted by Crippen LogP contribution is -2.31. The second kappa shape index (κ2) is 5.03. The molecule has 0 aromatic heterocycles. The molecular formula is C15H19Cl2N. The van der Waals surface area contributed by atoms with E-state index in [1.807, 2.05) is 12.1 Å². The van der Waals surface area contributed by atoms with E-state index in [4.69, 9.17) is 23.2 Å². The molecular weight excluding hydrogens is 265 g/mol. The Bertz CT molecular complexity index is 436. The van der Waals surface area contributed by atoms with Gasteiger partial charge in [-0.15, -0.1) is 0 Å². The molecule has 2 fully saturated rings. The first-order chi connectivity index (χ1) is 8.72. The minimum absolute atomic E-state index is 0.552. The first kappa shape index (κ1) is 12.8. The molecule has 2 saturated carbocycles. The molecule has 3 heteroatoms. The van der Waals surface area contributed by atoms with Gasteiger partial charge in [-0.3, -0.25) is 0 Å². The summed E-state index contributed by atoms with van der Waals surface area (Å²) < 4.78 is 0. The molecule has 0 amide bonds. The van der Waals surface area contributed by atoms with Crippen LogP contribution in [0.1, 0.15) is 24.8 Å². The lowest BCUT2D eigenvalue weighted by molar-refractivity contribution is 0.428. The van der Waals surface area contributed by atoms with E-state index < -0.39 is 0 Å². The van der Waals surface area contributed by atoms with Crippen LogP contribution in [0.15, 0.2) is 18.2 Å². The van der Waals surface area contributed by atoms with E-state index in [-0.39, 0.29) is 0 Å². The van der Waals surface area contributed by atoms with Crippen molar-refractivity contribution in [2.24, 2.45) is 17.8 Å². The summed E-state index contributed by atoms with van der Waals surface area (Å²) in [5.74, 6) is 2.81. The quantitative estimate of drug-likeness (QED) is 0.875. The van der Waals surface area contributed by atoms with Gasteiger partial charge < -0.3 is 5.32 Å². The maximum Gasteiger partial charge on any atom is 0.0624 e. The normalized spacial score (nSPS) is 31.2. The van der Waals surface area contributed by atoms with Gasteiger partial charge in [-0.05, 0) is 55.7 Å². The summed E-state index contributed by atoms with van der Waals surface area (Å²) in [7, 11) is 2.07. The average molecular weight is 284 g/mol. The van der Waals surface area contributed by atoms with Crippen molar-refractivity contribution in [3.63, 3.8) is 0 Å². The minimum Gasteiger partial charge on any atom is -0.316 e. The molecule has 0 bridgehead atoms. The van der Waals surface area contributed by atoms with E-state index in [2.05, 4.69) is 18.4 Å². The molecule has 0 radical (unpaired) electrons. The van der Waals surface area contributed by atoms with E-state index in [1.165, 1.54) is 24.8 Å². The predicted molar refractivity (Wildman–Crippen MR) is 77.3 cm³/mol. The highest BCUT2D eigenvalue weighted by Crippen LogP contribution is 2.59. The Hall–Kier alpha value is -0.240. The van der Waals surface area contributed by atoms with Gasteiger partial charge in [0.05, 0.1) is 10.0 Å². The summed E-state index contributed by atoms with van der Waals surface area (Å²) in [5, 5.41) is 4.88. The molecule has 1 nitrogen and oxygen atoms in total. The van der Waals surface area contributed by atoms with Crippen molar-refractivity contribution < 1.29 is 0 Å². The van der Waals surface area contributed by atoms with Gasteiger partial charge in [-0.2, -0.15) is 0 Å². The largest absolute Gasteiger partial charge is 0.316 e. The first-order valence-corrected chi connectivity index (χ1v) is 7.58. The van der Waals surface area contributed by atoms with Crippen molar-refractivity contribution in [1.29, 1.82) is 0 Å². The molecule has 0 heterocycles. The van der Waals surface area contributed by atoms with Crippen LogP contribution in [0.3, 0.4) is 0 Å². The smallest absolute Gasteiger partial charge is 0.0624 e. The molecule has 2 aliphatic carbocycles. The zero-order chi connectivity index (χ0) is 12.7. The molecule has 0 aliphatic heterocycles. The van der Waals surface area contributed by atoms with Crippen LogP contribution in [0.25, 0.3) is 0 Å². The summed E-state index contributed by atoms with van der Waals surface area (Å²) >= 11 is 12.4. The number of benzene rings is 1. The second-order valence-corrected chi connectivity index (χ2v) is 6.43. The number of hydrogen-bond acceptors (Lipinski definition) is 1. The summed E-state index contributed by atoms with van der Waals surface area (Å²) in [4.78, 5) is 0. The highest BCUT2D eigenvalue weighted by Gasteiger charge is 2.55. The maximum absolute atomic E-state index is 6.28. The Labute approximate surface area is 119 Å². The summed E-state index contributed by atoms with van der Waals surface area (Å²) in [6.07, 6.45) is 5.28. The van der Waals surface area contributed by atoms with Crippen LogP contribution in [-0.4, -0.2) is 13.1 Å². The average Bonchev–Trinajstić information content (AvgIpc) is 2.84. The third-order valence-corrected chi connectivity index (χ3v) is 5.64. The Balaban J connectivity index is 1.72. The summed E-state index contributed by atoms with van der Waals surface area (Å²) in [6, 6.07) is 6.49. The molecule has 98 valence electrons. The molecule has 0 saturated heterocycles. The van der Waals surface area contributed by atoms with Crippen molar-refractivity contribution in [3.05, 3.63) is 33.8 Å². The number of halogens is 2. The van der Waals surface area contributed by atoms with Gasteiger partial charge in [0.2, 0.25) is 0 Å². The van der Waals surface area contributed by atoms with E-state index in [0.717, 1.165) is 29.2 Å². The van der Waals surface area contributed by atoms with Crippen molar-refractivity contribution >= 4 is 23.2 Å². The third-order valence-electron chi connectivity index (χ3n) is 4.78. The molecule has 3 rings (SSSR count). The molecule has 3 unspecified atom stereocenters. The Kier molecular flexibility index (Phi) is 3.57. The summed E-state index contributed by atoms with van der Waals surface area (Å²) in [6.45, 7) is 0. The molecule has 0 spiro atoms. The van der Waals surface area contributed by atoms with Gasteiger partial charge in [0, 0.05) is 6.04 Å². The third kappa shape index (κ3) is 2.17. The monoisotopic (exact) mass is 283 g/mol. The van der Waals surface area contributed by atoms with Crippen LogP contribution in [0, 0.1) is 17.8 Å². The van der Waals surface area contributed by atoms with Gasteiger partial charge >= 0.3 is 0 Å². The number of likely N-dealkylation sites (N-methyl/N-ethyl adjacent to an activating group) is 1. The van der Waals surface area contributed by atoms with Gasteiger partial charge in [-0.25, -0.2) is 0 Å². The zero-order valence-electron chi connectivity index (χ0n) is 10.6. The Morgan fingerprint density at radius 3 is 2.67 bits per heavy atom. The zero-order valence-corrected chi connectivity index (χ0v) is 12.1. The minimum atomic E-state index is 0.552. The fraction of sp³-hybridized carbons (Fsp3) is 0.600. The van der Waals surface area contributed by atoms with Gasteiger partial charge in [0.1, 0.15) is 0 Å². The highest BCUT2D eigenvalue weighted by molar-refractivity contribution is 6.42. The van der Waals surface area contributed by atoms with Crippen LogP contribution >= 0.6 is 23.2 Å². The van der Waals surface area contributed by atoms with Crippen molar-refractivity contribution in [2.45, 2.75) is 31.7 Å². The first-order valence-electron chi connectivity index (χ1n) is 6.82. The molecule has 18 heavy (non-hydrogen) atoms. The number of nitrogens with one attached hydrogen (secondary N) is 1. The number of hydrogen-bond donors (Lipinski definition) is 1. The Morgan fingerprint density at radius 1 is 1.28 bits per heavy atom. The maximum atomic E-state index is 6.28. The lowest BCUT2D eigenvalue weighted by Gasteiger charge is -2.19. The molecule has 1 aromatic rings. The number of rotatable bonds is 4. The van der Waals surface area contributed by atoms with Crippen LogP contribution in [0.4, 0.5) is 0 Å². The highest BCUT2D eigenvalue weighted by atomic mass is 35.5. The van der Waals surface area contributed by atoms with Crippen molar-refractivity contribution in [2.75, 3.05) is 7.05 Å². The van der Waals surface area contributed by atoms with Crippen molar-refractivity contribution in [1.82, 2.24) is 5.32 Å². The molecule has 3 atom stereocenters. The van der Waals surface area contributed by atoms with Crippen LogP contribution in [0.5, 0.6) is 0 Å². The summed E-state index contributed by atoms with van der Waals surface area (Å²) in [5.41, 5.74) is 1.17. The molecule has 2 aliphatic rings. The van der Waals surface area contributed by atoms with Gasteiger partial charge in [-0.1, -0.05) is 41.8 Å². The second-order valence-electron chi connectivity index (χ2n) is 5.65. The van der Waals surface area contributed by atoms with E-state index in [9.17, 15) is 0 Å². The van der Waals surface area contributed by atoms with Gasteiger partial charge in [0.25, 0.3) is 0 Å². The van der Waals surface area contributed by atoms with E-state index >= 15 is 0 Å². The predicted octanol–water partition coefficient (Wildman–Crippen LogP) is 4.17. The number of fused-ring (bicyclic) bond motifs is 1.